The van der Waals surface area contributed by atoms with E-state index in [-0.39, 0.29) is 35.8 Å². The molecule has 2 aliphatic rings. The number of nitrogens with zero attached hydrogens (tertiary/aromatic N) is 1. The summed E-state index contributed by atoms with van der Waals surface area (Å²) in [4.78, 5) is 29.8. The summed E-state index contributed by atoms with van der Waals surface area (Å²) in [6.07, 6.45) is 7.06. The zero-order chi connectivity index (χ0) is 28.5. The van der Waals surface area contributed by atoms with Crippen molar-refractivity contribution in [3.05, 3.63) is 30.3 Å². The summed E-state index contributed by atoms with van der Waals surface area (Å²) < 4.78 is 5.36. The third-order valence-corrected chi connectivity index (χ3v) is 7.92. The summed E-state index contributed by atoms with van der Waals surface area (Å²) in [6.45, 7) is 7.58. The molecule has 0 heterocycles. The molecule has 0 saturated heterocycles. The van der Waals surface area contributed by atoms with Gasteiger partial charge in [-0.25, -0.2) is 9.79 Å². The molecule has 2 saturated carbocycles. The van der Waals surface area contributed by atoms with Crippen LogP contribution in [0, 0.1) is 5.92 Å². The predicted octanol–water partition coefficient (Wildman–Crippen LogP) is 4.86. The molecule has 0 radical (unpaired) electrons. The number of ether oxygens (including phenoxy) is 1. The molecule has 3 rings (SSSR count). The Labute approximate surface area is 238 Å². The summed E-state index contributed by atoms with van der Waals surface area (Å²) in [6, 6.07) is 10.1. The fourth-order valence-electron chi connectivity index (χ4n) is 5.36. The van der Waals surface area contributed by atoms with Gasteiger partial charge in [-0.2, -0.15) is 0 Å². The lowest BCUT2D eigenvalue weighted by Crippen LogP contribution is -2.50. The Kier molecular flexibility index (Phi) is 11.2. The van der Waals surface area contributed by atoms with E-state index in [1.54, 1.807) is 0 Å². The number of amides is 2. The van der Waals surface area contributed by atoms with Crippen molar-refractivity contribution >= 4 is 35.2 Å². The average Bonchev–Trinajstić information content (AvgIpc) is 2.88. The molecule has 1 unspecified atom stereocenters. The van der Waals surface area contributed by atoms with Gasteiger partial charge in [-0.1, -0.05) is 25.1 Å². The number of rotatable bonds is 9. The Morgan fingerprint density at radius 1 is 0.974 bits per heavy atom. The monoisotopic (exact) mass is 562 g/mol. The summed E-state index contributed by atoms with van der Waals surface area (Å²) in [5.41, 5.74) is 6.06. The first-order valence-corrected chi connectivity index (χ1v) is 14.8. The second-order valence-electron chi connectivity index (χ2n) is 11.9. The number of alkyl halides is 1. The first-order valence-electron chi connectivity index (χ1n) is 14.3. The number of benzene rings is 1. The Morgan fingerprint density at radius 3 is 2.21 bits per heavy atom. The highest BCUT2D eigenvalue weighted by Gasteiger charge is 2.32. The Balaban J connectivity index is 1.47. The van der Waals surface area contributed by atoms with Crippen molar-refractivity contribution in [2.75, 3.05) is 11.2 Å². The standard InChI is InChI=1S/C29H47ClN6O3/c1-5-29(19-30,35-22-10-7-6-8-11-22)36-26(31)33-24-13-9-12-23(18-24)32-25(37)20-14-16-21(17-15-20)34-27(38)39-28(2,3)4/h6-8,10-11,20-21,23-24,35H,5,9,12-19H2,1-4H3,(H,32,37)(H,34,38)(H3,31,33,36)/t20-,21+,23-,24+,29?/m0/s1. The van der Waals surface area contributed by atoms with Gasteiger partial charge >= 0.3 is 6.09 Å². The van der Waals surface area contributed by atoms with Crippen LogP contribution >= 0.6 is 11.6 Å². The van der Waals surface area contributed by atoms with E-state index in [2.05, 4.69) is 21.3 Å². The van der Waals surface area contributed by atoms with Crippen LogP contribution in [0.15, 0.2) is 35.3 Å². The number of hydrogen-bond acceptors (Lipinski definition) is 5. The first-order chi connectivity index (χ1) is 18.5. The minimum absolute atomic E-state index is 0.0281. The molecule has 1 aromatic carbocycles. The lowest BCUT2D eigenvalue weighted by Gasteiger charge is -2.34. The second-order valence-corrected chi connectivity index (χ2v) is 12.2. The number of para-hydroxylation sites is 1. The number of guanidine groups is 1. The molecule has 2 amide bonds. The number of aliphatic imine (C=N–C) groups is 1. The van der Waals surface area contributed by atoms with Crippen LogP contribution in [-0.2, 0) is 9.53 Å². The maximum atomic E-state index is 13.0. The molecule has 0 aliphatic heterocycles. The second kappa shape index (κ2) is 14.1. The van der Waals surface area contributed by atoms with E-state index in [1.807, 2.05) is 58.0 Å². The highest BCUT2D eigenvalue weighted by Crippen LogP contribution is 2.27. The molecule has 6 N–H and O–H groups in total. The van der Waals surface area contributed by atoms with Gasteiger partial charge in [-0.15, -0.1) is 11.6 Å². The lowest BCUT2D eigenvalue weighted by molar-refractivity contribution is -0.127. The van der Waals surface area contributed by atoms with Gasteiger partial charge < -0.3 is 31.7 Å². The highest BCUT2D eigenvalue weighted by atomic mass is 35.5. The first kappa shape index (κ1) is 30.9. The van der Waals surface area contributed by atoms with Crippen LogP contribution in [0.25, 0.3) is 0 Å². The number of anilines is 1. The molecule has 10 heteroatoms. The highest BCUT2D eigenvalue weighted by molar-refractivity contribution is 6.19. The van der Waals surface area contributed by atoms with Crippen molar-refractivity contribution in [1.29, 1.82) is 0 Å². The summed E-state index contributed by atoms with van der Waals surface area (Å²) in [5, 5.41) is 13.0. The molecule has 3 atom stereocenters. The maximum Gasteiger partial charge on any atom is 0.407 e. The zero-order valence-corrected chi connectivity index (χ0v) is 24.7. The number of nitrogens with two attached hydrogens (primary N) is 1. The van der Waals surface area contributed by atoms with Gasteiger partial charge in [0.2, 0.25) is 5.91 Å². The summed E-state index contributed by atoms with van der Waals surface area (Å²) in [5.74, 6) is 0.713. The number of alkyl carbamates (subject to hydrolysis) is 1. The minimum atomic E-state index is -0.709. The van der Waals surface area contributed by atoms with Crippen molar-refractivity contribution in [3.63, 3.8) is 0 Å². The predicted molar refractivity (Wildman–Crippen MR) is 158 cm³/mol. The minimum Gasteiger partial charge on any atom is -0.444 e. The van der Waals surface area contributed by atoms with Gasteiger partial charge in [0, 0.05) is 29.7 Å². The van der Waals surface area contributed by atoms with Crippen molar-refractivity contribution in [3.8, 4) is 0 Å². The summed E-state index contributed by atoms with van der Waals surface area (Å²) >= 11 is 6.35. The Hall–Kier alpha value is -2.68. The van der Waals surface area contributed by atoms with Crippen LogP contribution in [-0.4, -0.2) is 53.2 Å². The lowest BCUT2D eigenvalue weighted by atomic mass is 9.84. The van der Waals surface area contributed by atoms with E-state index in [1.165, 1.54) is 0 Å². The van der Waals surface area contributed by atoms with Crippen molar-refractivity contribution in [2.24, 2.45) is 16.6 Å². The summed E-state index contributed by atoms with van der Waals surface area (Å²) in [7, 11) is 0. The number of carbonyl (C=O) groups excluding carboxylic acids is 2. The van der Waals surface area contributed by atoms with Gasteiger partial charge in [0.25, 0.3) is 0 Å². The van der Waals surface area contributed by atoms with Crippen molar-refractivity contribution in [1.82, 2.24) is 16.0 Å². The Morgan fingerprint density at radius 2 is 1.62 bits per heavy atom. The van der Waals surface area contributed by atoms with Gasteiger partial charge in [0.1, 0.15) is 11.3 Å². The normalized spacial score (nSPS) is 25.6. The molecule has 0 bridgehead atoms. The maximum absolute atomic E-state index is 13.0. The van der Waals surface area contributed by atoms with Crippen LogP contribution in [0.5, 0.6) is 0 Å². The van der Waals surface area contributed by atoms with Gasteiger partial charge in [-0.05, 0) is 90.7 Å². The van der Waals surface area contributed by atoms with E-state index >= 15 is 0 Å². The van der Waals surface area contributed by atoms with E-state index in [0.717, 1.165) is 57.1 Å². The number of hydrogen-bond donors (Lipinski definition) is 5. The van der Waals surface area contributed by atoms with Crippen LogP contribution in [0.2, 0.25) is 0 Å². The van der Waals surface area contributed by atoms with Crippen LogP contribution in [0.4, 0.5) is 10.5 Å². The van der Waals surface area contributed by atoms with Gasteiger partial charge in [0.15, 0.2) is 5.96 Å². The smallest absolute Gasteiger partial charge is 0.407 e. The fourth-order valence-corrected chi connectivity index (χ4v) is 5.68. The molecule has 218 valence electrons. The van der Waals surface area contributed by atoms with Crippen LogP contribution < -0.4 is 27.0 Å². The molecule has 2 aliphatic carbocycles. The molecular formula is C29H47ClN6O3. The number of halogens is 1. The molecule has 0 spiro atoms. The van der Waals surface area contributed by atoms with Crippen molar-refractivity contribution in [2.45, 2.75) is 115 Å². The fraction of sp³-hybridized carbons (Fsp3) is 0.690. The number of carbonyl (C=O) groups is 2. The third-order valence-electron chi connectivity index (χ3n) is 7.48. The van der Waals surface area contributed by atoms with E-state index in [9.17, 15) is 9.59 Å². The van der Waals surface area contributed by atoms with E-state index in [4.69, 9.17) is 27.1 Å². The molecule has 1 aromatic rings. The van der Waals surface area contributed by atoms with Gasteiger partial charge in [0.05, 0.1) is 5.88 Å². The molecule has 2 fully saturated rings. The van der Waals surface area contributed by atoms with E-state index < -0.39 is 17.4 Å². The quantitative estimate of drug-likeness (QED) is 0.166. The topological polar surface area (TPSA) is 130 Å². The largest absolute Gasteiger partial charge is 0.444 e. The molecule has 9 nitrogen and oxygen atoms in total. The van der Waals surface area contributed by atoms with E-state index in [0.29, 0.717) is 12.4 Å². The Bertz CT molecular complexity index is 956. The third kappa shape index (κ3) is 10.1. The average molecular weight is 563 g/mol. The van der Waals surface area contributed by atoms with Crippen LogP contribution in [0.1, 0.15) is 85.5 Å². The number of nitrogens with one attached hydrogen (secondary N) is 4. The van der Waals surface area contributed by atoms with Crippen LogP contribution in [0.3, 0.4) is 0 Å². The van der Waals surface area contributed by atoms with Gasteiger partial charge in [-0.3, -0.25) is 4.79 Å². The molecule has 0 aromatic heterocycles. The zero-order valence-electron chi connectivity index (χ0n) is 23.9. The molecule has 39 heavy (non-hydrogen) atoms. The molecular weight excluding hydrogens is 516 g/mol. The van der Waals surface area contributed by atoms with Crippen molar-refractivity contribution < 1.29 is 14.3 Å². The SMILES string of the molecule is CCC(CCl)(N=C(N)N[C@@H]1CCC[C@H](NC(=O)[C@H]2CC[C@@H](NC(=O)OC(C)(C)C)CC2)C1)Nc1ccccc1.